The molecule has 0 spiro atoms. The molecule has 0 fully saturated rings. The Bertz CT molecular complexity index is 448. The Kier molecular flexibility index (Phi) is 4.84. The summed E-state index contributed by atoms with van der Waals surface area (Å²) in [5.74, 6) is -1.50. The van der Waals surface area contributed by atoms with Gasteiger partial charge in [-0.15, -0.1) is 0 Å². The van der Waals surface area contributed by atoms with E-state index in [-0.39, 0.29) is 15.6 Å². The summed E-state index contributed by atoms with van der Waals surface area (Å²) in [6.45, 7) is -1.07. The second kappa shape index (κ2) is 5.77. The minimum absolute atomic E-state index is 0.0673. The summed E-state index contributed by atoms with van der Waals surface area (Å²) >= 11 is 11.2. The van der Waals surface area contributed by atoms with Gasteiger partial charge in [-0.2, -0.15) is 13.2 Å². The van der Waals surface area contributed by atoms with Crippen LogP contribution in [0.2, 0.25) is 10.0 Å². The average molecular weight is 303 g/mol. The fourth-order valence-electron chi connectivity index (χ4n) is 1.21. The molecule has 18 heavy (non-hydrogen) atoms. The van der Waals surface area contributed by atoms with Crippen molar-refractivity contribution in [1.29, 1.82) is 0 Å². The molecular formula is C10H7Cl2F3O3. The molecule has 0 radical (unpaired) electrons. The van der Waals surface area contributed by atoms with Crippen LogP contribution in [0.25, 0.3) is 0 Å². The Balaban J connectivity index is 3.02. The number of hydrogen-bond acceptors (Lipinski definition) is 2. The number of hydrogen-bond donors (Lipinski definition) is 1. The van der Waals surface area contributed by atoms with Gasteiger partial charge in [-0.05, 0) is 17.7 Å². The van der Waals surface area contributed by atoms with Gasteiger partial charge in [0.05, 0.1) is 10.0 Å². The number of rotatable bonds is 4. The lowest BCUT2D eigenvalue weighted by molar-refractivity contribution is -0.225. The zero-order chi connectivity index (χ0) is 13.9. The largest absolute Gasteiger partial charge is 0.480 e. The van der Waals surface area contributed by atoms with E-state index in [0.717, 1.165) is 12.1 Å². The van der Waals surface area contributed by atoms with Crippen molar-refractivity contribution in [2.75, 3.05) is 6.61 Å². The summed E-state index contributed by atoms with van der Waals surface area (Å²) in [5.41, 5.74) is -0.307. The maximum atomic E-state index is 12.7. The molecule has 0 heterocycles. The number of benzene rings is 1. The number of carboxylic acid groups (broad SMARTS) is 1. The van der Waals surface area contributed by atoms with E-state index in [0.29, 0.717) is 0 Å². The van der Waals surface area contributed by atoms with Gasteiger partial charge in [0, 0.05) is 0 Å². The van der Waals surface area contributed by atoms with Crippen LogP contribution in [0.5, 0.6) is 0 Å². The summed E-state index contributed by atoms with van der Waals surface area (Å²) < 4.78 is 42.4. The predicted octanol–water partition coefficient (Wildman–Crippen LogP) is 3.70. The summed E-state index contributed by atoms with van der Waals surface area (Å²) in [4.78, 5) is 10.2. The Morgan fingerprint density at radius 1 is 1.33 bits per heavy atom. The maximum absolute atomic E-state index is 12.7. The van der Waals surface area contributed by atoms with Crippen molar-refractivity contribution in [1.82, 2.24) is 0 Å². The molecule has 1 aromatic carbocycles. The zero-order valence-electron chi connectivity index (χ0n) is 8.67. The molecule has 0 bridgehead atoms. The van der Waals surface area contributed by atoms with E-state index in [4.69, 9.17) is 28.3 Å². The molecule has 1 rings (SSSR count). The fourth-order valence-corrected chi connectivity index (χ4v) is 1.52. The van der Waals surface area contributed by atoms with Crippen LogP contribution < -0.4 is 0 Å². The normalized spacial score (nSPS) is 13.4. The Labute approximate surface area is 110 Å². The molecule has 0 saturated carbocycles. The highest BCUT2D eigenvalue weighted by Gasteiger charge is 2.42. The molecule has 100 valence electrons. The van der Waals surface area contributed by atoms with Crippen molar-refractivity contribution in [3.05, 3.63) is 33.8 Å². The summed E-state index contributed by atoms with van der Waals surface area (Å²) in [7, 11) is 0. The van der Waals surface area contributed by atoms with E-state index < -0.39 is 24.9 Å². The van der Waals surface area contributed by atoms with E-state index in [1.807, 2.05) is 0 Å². The number of halogens is 5. The molecule has 0 saturated heterocycles. The van der Waals surface area contributed by atoms with Crippen molar-refractivity contribution in [2.24, 2.45) is 0 Å². The first-order valence-electron chi connectivity index (χ1n) is 4.57. The van der Waals surface area contributed by atoms with Gasteiger partial charge < -0.3 is 9.84 Å². The molecular weight excluding hydrogens is 296 g/mol. The molecule has 0 aliphatic carbocycles. The molecule has 0 unspecified atom stereocenters. The number of aliphatic carboxylic acids is 1. The predicted molar refractivity (Wildman–Crippen MR) is 58.8 cm³/mol. The van der Waals surface area contributed by atoms with Gasteiger partial charge in [0.1, 0.15) is 6.61 Å². The second-order valence-electron chi connectivity index (χ2n) is 3.30. The van der Waals surface area contributed by atoms with Crippen molar-refractivity contribution in [3.63, 3.8) is 0 Å². The Morgan fingerprint density at radius 3 is 2.39 bits per heavy atom. The minimum atomic E-state index is -4.74. The van der Waals surface area contributed by atoms with E-state index in [1.165, 1.54) is 6.07 Å². The van der Waals surface area contributed by atoms with Crippen molar-refractivity contribution < 1.29 is 27.8 Å². The lowest BCUT2D eigenvalue weighted by Crippen LogP contribution is -2.26. The van der Waals surface area contributed by atoms with Crippen LogP contribution >= 0.6 is 23.2 Å². The SMILES string of the molecule is O=C(O)CO[C@@H](c1ccc(Cl)c(Cl)c1)C(F)(F)F. The fraction of sp³-hybridized carbons (Fsp3) is 0.300. The lowest BCUT2D eigenvalue weighted by Gasteiger charge is -2.20. The molecule has 8 heteroatoms. The minimum Gasteiger partial charge on any atom is -0.480 e. The van der Waals surface area contributed by atoms with Gasteiger partial charge in [0.15, 0.2) is 6.10 Å². The first-order valence-corrected chi connectivity index (χ1v) is 5.32. The van der Waals surface area contributed by atoms with Crippen molar-refractivity contribution in [2.45, 2.75) is 12.3 Å². The third kappa shape index (κ3) is 4.04. The van der Waals surface area contributed by atoms with Gasteiger partial charge >= 0.3 is 12.1 Å². The summed E-state index contributed by atoms with van der Waals surface area (Å²) in [6, 6.07) is 3.25. The number of ether oxygens (including phenoxy) is 1. The zero-order valence-corrected chi connectivity index (χ0v) is 10.2. The summed E-state index contributed by atoms with van der Waals surface area (Å²) in [5, 5.41) is 8.36. The van der Waals surface area contributed by atoms with E-state index in [1.54, 1.807) is 0 Å². The molecule has 3 nitrogen and oxygen atoms in total. The van der Waals surface area contributed by atoms with Crippen LogP contribution in [-0.2, 0) is 9.53 Å². The maximum Gasteiger partial charge on any atom is 0.418 e. The van der Waals surface area contributed by atoms with E-state index >= 15 is 0 Å². The molecule has 1 aromatic rings. The standard InChI is InChI=1S/C10H7Cl2F3O3/c11-6-2-1-5(3-7(6)12)9(10(13,14)15)18-4-8(16)17/h1-3,9H,4H2,(H,16,17)/t9-/m0/s1. The first-order chi connectivity index (χ1) is 8.21. The lowest BCUT2D eigenvalue weighted by atomic mass is 10.1. The third-order valence-corrected chi connectivity index (χ3v) is 2.66. The van der Waals surface area contributed by atoms with Gasteiger partial charge in [0.25, 0.3) is 0 Å². The highest BCUT2D eigenvalue weighted by molar-refractivity contribution is 6.42. The van der Waals surface area contributed by atoms with Gasteiger partial charge in [0.2, 0.25) is 0 Å². The average Bonchev–Trinajstić information content (AvgIpc) is 2.21. The molecule has 0 aliphatic heterocycles. The monoisotopic (exact) mass is 302 g/mol. The highest BCUT2D eigenvalue weighted by atomic mass is 35.5. The number of carboxylic acids is 1. The number of alkyl halides is 3. The van der Waals surface area contributed by atoms with Crippen LogP contribution in [0.15, 0.2) is 18.2 Å². The topological polar surface area (TPSA) is 46.5 Å². The van der Waals surface area contributed by atoms with Gasteiger partial charge in [-0.1, -0.05) is 29.3 Å². The van der Waals surface area contributed by atoms with E-state index in [9.17, 15) is 18.0 Å². The van der Waals surface area contributed by atoms with E-state index in [2.05, 4.69) is 4.74 Å². The summed E-state index contributed by atoms with van der Waals surface area (Å²) in [6.07, 6.45) is -7.10. The molecule has 1 N–H and O–H groups in total. The van der Waals surface area contributed by atoms with Gasteiger partial charge in [-0.25, -0.2) is 4.79 Å². The van der Waals surface area contributed by atoms with Gasteiger partial charge in [-0.3, -0.25) is 0 Å². The van der Waals surface area contributed by atoms with Crippen LogP contribution in [0.3, 0.4) is 0 Å². The van der Waals surface area contributed by atoms with Crippen LogP contribution in [0.4, 0.5) is 13.2 Å². The van der Waals surface area contributed by atoms with Crippen LogP contribution in [0.1, 0.15) is 11.7 Å². The quantitative estimate of drug-likeness (QED) is 0.922. The molecule has 0 aliphatic rings. The Hall–Kier alpha value is -0.980. The Morgan fingerprint density at radius 2 is 1.94 bits per heavy atom. The molecule has 1 atom stereocenters. The van der Waals surface area contributed by atoms with Crippen molar-refractivity contribution in [3.8, 4) is 0 Å². The molecule has 0 amide bonds. The molecule has 0 aromatic heterocycles. The number of carbonyl (C=O) groups is 1. The second-order valence-corrected chi connectivity index (χ2v) is 4.11. The van der Waals surface area contributed by atoms with Crippen molar-refractivity contribution >= 4 is 29.2 Å². The van der Waals surface area contributed by atoms with Crippen LogP contribution in [0, 0.1) is 0 Å². The highest BCUT2D eigenvalue weighted by Crippen LogP contribution is 2.37. The van der Waals surface area contributed by atoms with Crippen LogP contribution in [-0.4, -0.2) is 23.9 Å². The third-order valence-electron chi connectivity index (χ3n) is 1.92. The first kappa shape index (κ1) is 15.1. The smallest absolute Gasteiger partial charge is 0.418 e.